The van der Waals surface area contributed by atoms with E-state index in [1.165, 1.54) is 11.3 Å². The number of amides is 1. The lowest BCUT2D eigenvalue weighted by Crippen LogP contribution is -2.45. The van der Waals surface area contributed by atoms with Gasteiger partial charge in [0.05, 0.1) is 6.20 Å². The summed E-state index contributed by atoms with van der Waals surface area (Å²) in [5.74, 6) is 0. The zero-order valence-corrected chi connectivity index (χ0v) is 16.0. The highest BCUT2D eigenvalue weighted by Gasteiger charge is 2.33. The lowest BCUT2D eigenvalue weighted by molar-refractivity contribution is 0.0214. The van der Waals surface area contributed by atoms with E-state index in [4.69, 9.17) is 4.74 Å². The van der Waals surface area contributed by atoms with Gasteiger partial charge in [-0.15, -0.1) is 0 Å². The number of rotatable bonds is 4. The summed E-state index contributed by atoms with van der Waals surface area (Å²) in [6, 6.07) is 1.16. The Labute approximate surface area is 150 Å². The molecule has 0 saturated carbocycles. The highest BCUT2D eigenvalue weighted by atomic mass is 16.6. The van der Waals surface area contributed by atoms with Crippen LogP contribution in [0.4, 0.5) is 4.79 Å². The van der Waals surface area contributed by atoms with E-state index in [2.05, 4.69) is 22.4 Å². The summed E-state index contributed by atoms with van der Waals surface area (Å²) >= 11 is 0. The zero-order valence-electron chi connectivity index (χ0n) is 16.0. The fourth-order valence-electron chi connectivity index (χ4n) is 4.08. The summed E-state index contributed by atoms with van der Waals surface area (Å²) in [5.41, 5.74) is 2.20. The highest BCUT2D eigenvalue weighted by Crippen LogP contribution is 2.25. The second-order valence-electron chi connectivity index (χ2n) is 8.59. The second-order valence-corrected chi connectivity index (χ2v) is 8.59. The van der Waals surface area contributed by atoms with Gasteiger partial charge in [0.1, 0.15) is 5.60 Å². The fourth-order valence-corrected chi connectivity index (χ4v) is 4.08. The van der Waals surface area contributed by atoms with Gasteiger partial charge >= 0.3 is 6.09 Å². The number of H-pyrrole nitrogens is 1. The van der Waals surface area contributed by atoms with Crippen LogP contribution in [0.1, 0.15) is 64.6 Å². The normalized spacial score (nSPS) is 24.9. The number of hydrogen-bond donors (Lipinski definition) is 2. The van der Waals surface area contributed by atoms with Crippen LogP contribution >= 0.6 is 0 Å². The van der Waals surface area contributed by atoms with Gasteiger partial charge in [0.25, 0.3) is 0 Å². The number of nitrogens with zero attached hydrogens (tertiary/aromatic N) is 2. The van der Waals surface area contributed by atoms with Crippen LogP contribution in [0.25, 0.3) is 0 Å². The molecule has 1 amide bonds. The third-order valence-corrected chi connectivity index (χ3v) is 5.17. The lowest BCUT2D eigenvalue weighted by atomic mass is 9.92. The molecule has 3 unspecified atom stereocenters. The van der Waals surface area contributed by atoms with Crippen LogP contribution in [0.15, 0.2) is 6.20 Å². The minimum atomic E-state index is -0.432. The van der Waals surface area contributed by atoms with Gasteiger partial charge in [-0.2, -0.15) is 5.10 Å². The quantitative estimate of drug-likeness (QED) is 0.877. The molecule has 3 rings (SSSR count). The lowest BCUT2D eigenvalue weighted by Gasteiger charge is -2.32. The third kappa shape index (κ3) is 4.75. The molecule has 1 saturated heterocycles. The number of aromatic nitrogens is 2. The summed E-state index contributed by atoms with van der Waals surface area (Å²) in [6.07, 6.45) is 8.15. The molecular weight excluding hydrogens is 316 g/mol. The first-order chi connectivity index (χ1) is 11.8. The van der Waals surface area contributed by atoms with Gasteiger partial charge in [0.2, 0.25) is 0 Å². The van der Waals surface area contributed by atoms with E-state index < -0.39 is 5.60 Å². The van der Waals surface area contributed by atoms with Crippen molar-refractivity contribution in [3.63, 3.8) is 0 Å². The van der Waals surface area contributed by atoms with E-state index in [1.807, 2.05) is 31.9 Å². The topological polar surface area (TPSA) is 70.2 Å². The number of likely N-dealkylation sites (tertiary alicyclic amines) is 1. The van der Waals surface area contributed by atoms with Crippen molar-refractivity contribution < 1.29 is 9.53 Å². The summed E-state index contributed by atoms with van der Waals surface area (Å²) in [5, 5.41) is 11.0. The van der Waals surface area contributed by atoms with Crippen molar-refractivity contribution in [2.75, 3.05) is 6.54 Å². The first-order valence-electron chi connectivity index (χ1n) is 9.58. The predicted octanol–water partition coefficient (Wildman–Crippen LogP) is 3.03. The number of aryl methyl sites for hydroxylation is 1. The van der Waals surface area contributed by atoms with Gasteiger partial charge in [-0.1, -0.05) is 0 Å². The minimum absolute atomic E-state index is 0.164. The van der Waals surface area contributed by atoms with Crippen LogP contribution in [0, 0.1) is 0 Å². The highest BCUT2D eigenvalue weighted by molar-refractivity contribution is 5.68. The van der Waals surface area contributed by atoms with E-state index in [0.29, 0.717) is 12.1 Å². The molecule has 1 aromatic rings. The summed E-state index contributed by atoms with van der Waals surface area (Å²) < 4.78 is 5.57. The van der Waals surface area contributed by atoms with Gasteiger partial charge < -0.3 is 15.0 Å². The molecule has 1 aliphatic heterocycles. The molecule has 140 valence electrons. The first kappa shape index (κ1) is 18.2. The van der Waals surface area contributed by atoms with Crippen LogP contribution < -0.4 is 5.32 Å². The Kier molecular flexibility index (Phi) is 5.37. The van der Waals surface area contributed by atoms with Crippen molar-refractivity contribution in [2.24, 2.45) is 0 Å². The van der Waals surface area contributed by atoms with Crippen molar-refractivity contribution >= 4 is 6.09 Å². The molecule has 0 spiro atoms. The molecule has 2 aliphatic rings. The largest absolute Gasteiger partial charge is 0.444 e. The van der Waals surface area contributed by atoms with Crippen LogP contribution in [0.3, 0.4) is 0 Å². The van der Waals surface area contributed by atoms with Gasteiger partial charge in [-0.05, 0) is 71.8 Å². The molecule has 1 aliphatic carbocycles. The maximum absolute atomic E-state index is 12.4. The maximum Gasteiger partial charge on any atom is 0.410 e. The monoisotopic (exact) mass is 348 g/mol. The number of carbonyl (C=O) groups is 1. The number of carbonyl (C=O) groups excluding carboxylic acids is 1. The maximum atomic E-state index is 12.4. The number of hydrogen-bond acceptors (Lipinski definition) is 4. The molecular formula is C19H32N4O2. The third-order valence-electron chi connectivity index (χ3n) is 5.17. The van der Waals surface area contributed by atoms with E-state index in [0.717, 1.165) is 45.1 Å². The van der Waals surface area contributed by atoms with Crippen molar-refractivity contribution in [3.8, 4) is 0 Å². The minimum Gasteiger partial charge on any atom is -0.444 e. The van der Waals surface area contributed by atoms with E-state index in [1.54, 1.807) is 0 Å². The smallest absolute Gasteiger partial charge is 0.410 e. The van der Waals surface area contributed by atoms with E-state index in [9.17, 15) is 4.79 Å². The molecule has 2 N–H and O–H groups in total. The average Bonchev–Trinajstić information content (AvgIpc) is 3.13. The van der Waals surface area contributed by atoms with Crippen LogP contribution in [0.2, 0.25) is 0 Å². The Morgan fingerprint density at radius 2 is 2.28 bits per heavy atom. The van der Waals surface area contributed by atoms with Crippen LogP contribution in [-0.2, 0) is 17.6 Å². The summed E-state index contributed by atoms with van der Waals surface area (Å²) in [6.45, 7) is 8.82. The molecule has 2 heterocycles. The molecule has 0 radical (unpaired) electrons. The Morgan fingerprint density at radius 1 is 1.48 bits per heavy atom. The van der Waals surface area contributed by atoms with Crippen molar-refractivity contribution in [3.05, 3.63) is 17.5 Å². The van der Waals surface area contributed by atoms with Crippen molar-refractivity contribution in [1.82, 2.24) is 20.4 Å². The Hall–Kier alpha value is -1.56. The predicted molar refractivity (Wildman–Crippen MR) is 97.6 cm³/mol. The Balaban J connectivity index is 1.50. The molecule has 25 heavy (non-hydrogen) atoms. The van der Waals surface area contributed by atoms with Gasteiger partial charge in [0, 0.05) is 30.4 Å². The average molecular weight is 348 g/mol. The number of fused-ring (bicyclic) bond motifs is 1. The molecule has 0 aromatic carbocycles. The Morgan fingerprint density at radius 3 is 3.04 bits per heavy atom. The van der Waals surface area contributed by atoms with Crippen molar-refractivity contribution in [2.45, 2.75) is 89.9 Å². The number of ether oxygens (including phenoxy) is 1. The summed E-state index contributed by atoms with van der Waals surface area (Å²) in [4.78, 5) is 14.4. The molecule has 1 fully saturated rings. The second kappa shape index (κ2) is 7.36. The number of aromatic amines is 1. The van der Waals surface area contributed by atoms with Crippen LogP contribution in [-0.4, -0.2) is 51.5 Å². The molecule has 6 nitrogen and oxygen atoms in total. The van der Waals surface area contributed by atoms with Crippen LogP contribution in [0.5, 0.6) is 0 Å². The number of nitrogens with one attached hydrogen (secondary N) is 2. The zero-order chi connectivity index (χ0) is 18.0. The van der Waals surface area contributed by atoms with Crippen molar-refractivity contribution in [1.29, 1.82) is 0 Å². The molecule has 0 bridgehead atoms. The summed E-state index contributed by atoms with van der Waals surface area (Å²) in [7, 11) is 0. The van der Waals surface area contributed by atoms with Gasteiger partial charge in [-0.3, -0.25) is 5.10 Å². The molecule has 1 aromatic heterocycles. The standard InChI is InChI=1S/C19H32N4O2/c1-13(21-15-7-8-17-14(11-15)12-20-22-17)10-16-6-5-9-23(16)18(24)25-19(2,3)4/h12-13,15-16,21H,5-11H2,1-4H3,(H,20,22). The van der Waals surface area contributed by atoms with E-state index >= 15 is 0 Å². The molecule has 6 heteroatoms. The SMILES string of the molecule is CC(CC1CCCN1C(=O)OC(C)(C)C)NC1CCc2[nH]ncc2C1. The van der Waals surface area contributed by atoms with Gasteiger partial charge in [-0.25, -0.2) is 4.79 Å². The van der Waals surface area contributed by atoms with Gasteiger partial charge in [0.15, 0.2) is 0 Å². The fraction of sp³-hybridized carbons (Fsp3) is 0.789. The first-order valence-corrected chi connectivity index (χ1v) is 9.58. The molecule has 3 atom stereocenters. The van der Waals surface area contributed by atoms with E-state index in [-0.39, 0.29) is 12.1 Å². The Bertz CT molecular complexity index is 592.